The van der Waals surface area contributed by atoms with Crippen molar-refractivity contribution in [1.82, 2.24) is 4.98 Å². The molecule has 0 N–H and O–H groups in total. The van der Waals surface area contributed by atoms with E-state index in [9.17, 15) is 12.8 Å². The third-order valence-electron chi connectivity index (χ3n) is 5.13. The molecule has 2 heterocycles. The number of fused-ring (bicyclic) bond motifs is 1. The van der Waals surface area contributed by atoms with E-state index in [4.69, 9.17) is 9.15 Å². The van der Waals surface area contributed by atoms with Crippen molar-refractivity contribution < 1.29 is 22.0 Å². The number of oxazole rings is 1. The number of nitrogens with zero attached hydrogens (tertiary/aromatic N) is 2. The molecule has 0 unspecified atom stereocenters. The molecule has 2 aliphatic rings. The lowest BCUT2D eigenvalue weighted by Crippen LogP contribution is -2.31. The summed E-state index contributed by atoms with van der Waals surface area (Å²) in [6.07, 6.45) is 4.38. The van der Waals surface area contributed by atoms with Crippen molar-refractivity contribution in [1.29, 1.82) is 0 Å². The summed E-state index contributed by atoms with van der Waals surface area (Å²) in [4.78, 5) is 4.46. The van der Waals surface area contributed by atoms with Crippen molar-refractivity contribution in [3.8, 4) is 17.1 Å². The van der Waals surface area contributed by atoms with Gasteiger partial charge in [-0.1, -0.05) is 0 Å². The van der Waals surface area contributed by atoms with E-state index in [0.29, 0.717) is 30.4 Å². The Labute approximate surface area is 168 Å². The summed E-state index contributed by atoms with van der Waals surface area (Å²) in [6, 6.07) is 10.4. The molecule has 0 amide bonds. The van der Waals surface area contributed by atoms with Gasteiger partial charge < -0.3 is 9.15 Å². The lowest BCUT2D eigenvalue weighted by atomic mass is 10.2. The van der Waals surface area contributed by atoms with Gasteiger partial charge in [0.05, 0.1) is 23.4 Å². The first kappa shape index (κ1) is 18.2. The zero-order valence-electron chi connectivity index (χ0n) is 15.5. The summed E-state index contributed by atoms with van der Waals surface area (Å²) in [6.45, 7) is 0.589. The average molecular weight is 414 g/mol. The van der Waals surface area contributed by atoms with Crippen LogP contribution in [0.1, 0.15) is 31.1 Å². The molecule has 1 fully saturated rings. The zero-order valence-corrected chi connectivity index (χ0v) is 16.4. The van der Waals surface area contributed by atoms with Crippen molar-refractivity contribution in [3.05, 3.63) is 60.4 Å². The smallest absolute Gasteiger partial charge is 0.264 e. The molecule has 1 aliphatic carbocycles. The summed E-state index contributed by atoms with van der Waals surface area (Å²) < 4.78 is 52.7. The van der Waals surface area contributed by atoms with Crippen LogP contribution in [-0.4, -0.2) is 26.6 Å². The van der Waals surface area contributed by atoms with Crippen molar-refractivity contribution in [2.24, 2.45) is 0 Å². The molecule has 0 bridgehead atoms. The van der Waals surface area contributed by atoms with Crippen LogP contribution in [0.4, 0.5) is 10.1 Å². The van der Waals surface area contributed by atoms with Crippen LogP contribution in [0.15, 0.2) is 58.0 Å². The number of hydrogen-bond acceptors (Lipinski definition) is 5. The molecule has 1 aliphatic heterocycles. The molecule has 0 spiro atoms. The van der Waals surface area contributed by atoms with Crippen LogP contribution in [-0.2, 0) is 10.0 Å². The maximum atomic E-state index is 13.6. The van der Waals surface area contributed by atoms with Crippen LogP contribution in [0, 0.1) is 5.82 Å². The molecule has 150 valence electrons. The van der Waals surface area contributed by atoms with Gasteiger partial charge in [0, 0.05) is 30.5 Å². The van der Waals surface area contributed by atoms with Crippen LogP contribution in [0.2, 0.25) is 0 Å². The van der Waals surface area contributed by atoms with Gasteiger partial charge in [-0.05, 0) is 49.2 Å². The Balaban J connectivity index is 1.46. The summed E-state index contributed by atoms with van der Waals surface area (Å²) in [5, 5.41) is 0. The molecule has 8 heteroatoms. The number of sulfonamides is 1. The highest BCUT2D eigenvalue weighted by molar-refractivity contribution is 7.92. The summed E-state index contributed by atoms with van der Waals surface area (Å²) >= 11 is 0. The SMILES string of the molecule is O=S(=O)(c1ccc(-c2cnc(C3CC3)o2)cc1)N1CCCOc2cc(F)ccc21. The summed E-state index contributed by atoms with van der Waals surface area (Å²) in [5.41, 5.74) is 1.11. The molecule has 2 aromatic carbocycles. The quantitative estimate of drug-likeness (QED) is 0.635. The second kappa shape index (κ2) is 6.88. The molecule has 1 saturated carbocycles. The lowest BCUT2D eigenvalue weighted by molar-refractivity contribution is 0.321. The molecule has 6 nitrogen and oxygen atoms in total. The minimum atomic E-state index is -3.82. The van der Waals surface area contributed by atoms with Crippen LogP contribution in [0.5, 0.6) is 5.75 Å². The van der Waals surface area contributed by atoms with Gasteiger partial charge in [0.15, 0.2) is 11.7 Å². The van der Waals surface area contributed by atoms with E-state index in [0.717, 1.165) is 24.3 Å². The summed E-state index contributed by atoms with van der Waals surface area (Å²) in [5.74, 6) is 1.55. The van der Waals surface area contributed by atoms with Gasteiger partial charge in [-0.25, -0.2) is 17.8 Å². The van der Waals surface area contributed by atoms with E-state index in [1.807, 2.05) is 0 Å². The van der Waals surface area contributed by atoms with E-state index in [1.165, 1.54) is 22.5 Å². The van der Waals surface area contributed by atoms with E-state index in [2.05, 4.69) is 4.98 Å². The van der Waals surface area contributed by atoms with Crippen LogP contribution >= 0.6 is 0 Å². The number of hydrogen-bond donors (Lipinski definition) is 0. The lowest BCUT2D eigenvalue weighted by Gasteiger charge is -2.23. The molecule has 0 radical (unpaired) electrons. The number of benzene rings is 2. The standard InChI is InChI=1S/C21H19FN2O4S/c22-16-6-9-18-19(12-16)27-11-1-10-24(18)29(25,26)17-7-4-14(5-8-17)20-13-23-21(28-20)15-2-3-15/h4-9,12-13,15H,1-3,10-11H2. The Morgan fingerprint density at radius 1 is 1.10 bits per heavy atom. The Hall–Kier alpha value is -2.87. The first-order valence-electron chi connectivity index (χ1n) is 9.53. The zero-order chi connectivity index (χ0) is 20.0. The molecule has 29 heavy (non-hydrogen) atoms. The predicted octanol–water partition coefficient (Wildman–Crippen LogP) is 4.34. The topological polar surface area (TPSA) is 72.6 Å². The molecular weight excluding hydrogens is 395 g/mol. The normalized spacial score (nSPS) is 16.8. The van der Waals surface area contributed by atoms with Crippen LogP contribution < -0.4 is 9.04 Å². The third kappa shape index (κ3) is 3.37. The van der Waals surface area contributed by atoms with Crippen molar-refractivity contribution in [3.63, 3.8) is 0 Å². The van der Waals surface area contributed by atoms with Gasteiger partial charge in [-0.3, -0.25) is 4.31 Å². The molecular formula is C21H19FN2O4S. The monoisotopic (exact) mass is 414 g/mol. The fraction of sp³-hybridized carbons (Fsp3) is 0.286. The maximum absolute atomic E-state index is 13.6. The minimum absolute atomic E-state index is 0.153. The van der Waals surface area contributed by atoms with Gasteiger partial charge in [-0.15, -0.1) is 0 Å². The van der Waals surface area contributed by atoms with E-state index in [-0.39, 0.29) is 17.2 Å². The van der Waals surface area contributed by atoms with Gasteiger partial charge in [-0.2, -0.15) is 0 Å². The van der Waals surface area contributed by atoms with Crippen molar-refractivity contribution in [2.45, 2.75) is 30.1 Å². The number of aromatic nitrogens is 1. The van der Waals surface area contributed by atoms with E-state index >= 15 is 0 Å². The van der Waals surface area contributed by atoms with Gasteiger partial charge in [0.2, 0.25) is 0 Å². The van der Waals surface area contributed by atoms with Gasteiger partial charge >= 0.3 is 0 Å². The van der Waals surface area contributed by atoms with Crippen molar-refractivity contribution >= 4 is 15.7 Å². The van der Waals surface area contributed by atoms with Gasteiger partial charge in [0.1, 0.15) is 11.6 Å². The van der Waals surface area contributed by atoms with Crippen LogP contribution in [0.25, 0.3) is 11.3 Å². The Morgan fingerprint density at radius 3 is 2.66 bits per heavy atom. The van der Waals surface area contributed by atoms with Crippen molar-refractivity contribution in [2.75, 3.05) is 17.5 Å². The second-order valence-electron chi connectivity index (χ2n) is 7.25. The second-order valence-corrected chi connectivity index (χ2v) is 9.11. The highest BCUT2D eigenvalue weighted by atomic mass is 32.2. The summed E-state index contributed by atoms with van der Waals surface area (Å²) in [7, 11) is -3.82. The maximum Gasteiger partial charge on any atom is 0.264 e. The minimum Gasteiger partial charge on any atom is -0.491 e. The first-order chi connectivity index (χ1) is 14.0. The molecule has 5 rings (SSSR count). The van der Waals surface area contributed by atoms with Gasteiger partial charge in [0.25, 0.3) is 10.0 Å². The highest BCUT2D eigenvalue weighted by Crippen LogP contribution is 2.41. The Bertz CT molecular complexity index is 1150. The number of halogens is 1. The molecule has 1 aromatic heterocycles. The van der Waals surface area contributed by atoms with E-state index in [1.54, 1.807) is 30.5 Å². The highest BCUT2D eigenvalue weighted by Gasteiger charge is 2.30. The number of ether oxygens (including phenoxy) is 1. The fourth-order valence-corrected chi connectivity index (χ4v) is 4.94. The van der Waals surface area contributed by atoms with E-state index < -0.39 is 15.8 Å². The molecule has 3 aromatic rings. The molecule has 0 saturated heterocycles. The largest absolute Gasteiger partial charge is 0.491 e. The Morgan fingerprint density at radius 2 is 1.90 bits per heavy atom. The Kier molecular flexibility index (Phi) is 4.31. The third-order valence-corrected chi connectivity index (χ3v) is 6.96. The van der Waals surface area contributed by atoms with Crippen LogP contribution in [0.3, 0.4) is 0 Å². The number of anilines is 1. The average Bonchev–Trinajstić information content (AvgIpc) is 3.49. The fourth-order valence-electron chi connectivity index (χ4n) is 3.43. The predicted molar refractivity (Wildman–Crippen MR) is 105 cm³/mol. The molecule has 0 atom stereocenters. The number of rotatable bonds is 4. The first-order valence-corrected chi connectivity index (χ1v) is 11.0.